The lowest BCUT2D eigenvalue weighted by molar-refractivity contribution is 0.0951. The Morgan fingerprint density at radius 2 is 1.63 bits per heavy atom. The highest BCUT2D eigenvalue weighted by Crippen LogP contribution is 2.22. The number of amides is 1. The fraction of sp³-hybridized carbons (Fsp3) is 0.320. The van der Waals surface area contributed by atoms with Crippen molar-refractivity contribution in [2.45, 2.75) is 51.6 Å². The quantitative estimate of drug-likeness (QED) is 0.602. The Kier molecular flexibility index (Phi) is 6.38. The number of hydrogen-bond acceptors (Lipinski definition) is 4. The molecule has 1 amide bonds. The van der Waals surface area contributed by atoms with E-state index in [0.717, 1.165) is 16.7 Å². The highest BCUT2D eigenvalue weighted by atomic mass is 16.1. The second kappa shape index (κ2) is 9.53. The Bertz CT molecular complexity index is 977. The summed E-state index contributed by atoms with van der Waals surface area (Å²) in [6.45, 7) is 2.57. The first kappa shape index (κ1) is 20.1. The zero-order valence-corrected chi connectivity index (χ0v) is 17.4. The molecule has 0 spiro atoms. The monoisotopic (exact) mass is 400 g/mol. The van der Waals surface area contributed by atoms with Crippen molar-refractivity contribution >= 4 is 11.9 Å². The fourth-order valence-electron chi connectivity index (χ4n) is 3.88. The van der Waals surface area contributed by atoms with Gasteiger partial charge in [0, 0.05) is 36.1 Å². The normalized spacial score (nSPS) is 14.3. The molecule has 1 fully saturated rings. The molecule has 0 unspecified atom stereocenters. The van der Waals surface area contributed by atoms with E-state index in [1.807, 2.05) is 67.8 Å². The van der Waals surface area contributed by atoms with Crippen LogP contribution < -0.4 is 10.6 Å². The first-order chi connectivity index (χ1) is 14.7. The van der Waals surface area contributed by atoms with E-state index in [-0.39, 0.29) is 5.91 Å². The number of carbonyl (C=O) groups excluding carboxylic acids is 1. The summed E-state index contributed by atoms with van der Waals surface area (Å²) in [6, 6.07) is 16.1. The van der Waals surface area contributed by atoms with Crippen LogP contribution in [0.25, 0.3) is 11.1 Å². The number of benzene rings is 2. The maximum absolute atomic E-state index is 12.5. The van der Waals surface area contributed by atoms with Crippen LogP contribution in [-0.2, 0) is 6.54 Å². The number of aryl methyl sites for hydroxylation is 1. The molecule has 154 valence electrons. The van der Waals surface area contributed by atoms with Gasteiger partial charge in [-0.3, -0.25) is 4.79 Å². The minimum atomic E-state index is -0.0758. The van der Waals surface area contributed by atoms with Crippen LogP contribution >= 0.6 is 0 Å². The molecule has 30 heavy (non-hydrogen) atoms. The average molecular weight is 401 g/mol. The van der Waals surface area contributed by atoms with Crippen molar-refractivity contribution in [3.63, 3.8) is 0 Å². The molecule has 2 N–H and O–H groups in total. The van der Waals surface area contributed by atoms with E-state index >= 15 is 0 Å². The van der Waals surface area contributed by atoms with Crippen LogP contribution in [0, 0.1) is 6.92 Å². The molecule has 5 heteroatoms. The first-order valence-electron chi connectivity index (χ1n) is 10.7. The van der Waals surface area contributed by atoms with E-state index < -0.39 is 0 Å². The van der Waals surface area contributed by atoms with Crippen molar-refractivity contribution in [3.8, 4) is 11.1 Å². The smallest absolute Gasteiger partial charge is 0.251 e. The molecule has 0 saturated heterocycles. The SMILES string of the molecule is Cc1ccccc1CNC(=O)c1ccc(-c2cnc(NC3CCCCC3)nc2)cc1. The van der Waals surface area contributed by atoms with Gasteiger partial charge in [0.2, 0.25) is 5.95 Å². The van der Waals surface area contributed by atoms with E-state index in [4.69, 9.17) is 0 Å². The van der Waals surface area contributed by atoms with Gasteiger partial charge in [-0.2, -0.15) is 0 Å². The van der Waals surface area contributed by atoms with E-state index in [1.165, 1.54) is 37.7 Å². The molecule has 1 aromatic heterocycles. The second-order valence-corrected chi connectivity index (χ2v) is 7.96. The lowest BCUT2D eigenvalue weighted by Gasteiger charge is -2.22. The predicted molar refractivity (Wildman–Crippen MR) is 120 cm³/mol. The molecule has 0 radical (unpaired) electrons. The van der Waals surface area contributed by atoms with E-state index in [1.54, 1.807) is 0 Å². The molecule has 3 aromatic rings. The molecule has 4 rings (SSSR count). The average Bonchev–Trinajstić information content (AvgIpc) is 2.80. The molecular weight excluding hydrogens is 372 g/mol. The van der Waals surface area contributed by atoms with E-state index in [2.05, 4.69) is 20.6 Å². The van der Waals surface area contributed by atoms with Crippen molar-refractivity contribution in [1.82, 2.24) is 15.3 Å². The van der Waals surface area contributed by atoms with Crippen LogP contribution in [0.2, 0.25) is 0 Å². The molecular formula is C25H28N4O. The van der Waals surface area contributed by atoms with Gasteiger partial charge >= 0.3 is 0 Å². The maximum atomic E-state index is 12.5. The standard InChI is InChI=1S/C25H28N4O/c1-18-7-5-6-8-21(18)15-26-24(30)20-13-11-19(12-14-20)22-16-27-25(28-17-22)29-23-9-3-2-4-10-23/h5-8,11-14,16-17,23H,2-4,9-10,15H2,1H3,(H,26,30)(H,27,28,29). The van der Waals surface area contributed by atoms with Gasteiger partial charge in [-0.25, -0.2) is 9.97 Å². The highest BCUT2D eigenvalue weighted by molar-refractivity contribution is 5.94. The van der Waals surface area contributed by atoms with Gasteiger partial charge in [-0.05, 0) is 48.6 Å². The molecule has 0 bridgehead atoms. The van der Waals surface area contributed by atoms with Crippen LogP contribution in [0.1, 0.15) is 53.6 Å². The third-order valence-corrected chi connectivity index (χ3v) is 5.77. The molecule has 2 aromatic carbocycles. The van der Waals surface area contributed by atoms with Crippen LogP contribution in [0.15, 0.2) is 60.9 Å². The number of anilines is 1. The van der Waals surface area contributed by atoms with Gasteiger partial charge in [0.15, 0.2) is 0 Å². The van der Waals surface area contributed by atoms with Crippen LogP contribution in [0.4, 0.5) is 5.95 Å². The second-order valence-electron chi connectivity index (χ2n) is 7.96. The van der Waals surface area contributed by atoms with Gasteiger partial charge in [0.25, 0.3) is 5.91 Å². The van der Waals surface area contributed by atoms with Gasteiger partial charge in [-0.1, -0.05) is 55.7 Å². The predicted octanol–water partition coefficient (Wildman–Crippen LogP) is 5.13. The summed E-state index contributed by atoms with van der Waals surface area (Å²) in [7, 11) is 0. The van der Waals surface area contributed by atoms with Crippen molar-refractivity contribution in [2.24, 2.45) is 0 Å². The molecule has 1 aliphatic rings. The summed E-state index contributed by atoms with van der Waals surface area (Å²) < 4.78 is 0. The minimum Gasteiger partial charge on any atom is -0.351 e. The molecule has 1 heterocycles. The zero-order chi connectivity index (χ0) is 20.8. The number of carbonyl (C=O) groups is 1. The molecule has 1 aliphatic carbocycles. The van der Waals surface area contributed by atoms with E-state index in [0.29, 0.717) is 24.1 Å². The minimum absolute atomic E-state index is 0.0758. The number of nitrogens with zero attached hydrogens (tertiary/aromatic N) is 2. The number of nitrogens with one attached hydrogen (secondary N) is 2. The fourth-order valence-corrected chi connectivity index (χ4v) is 3.88. The van der Waals surface area contributed by atoms with Gasteiger partial charge in [-0.15, -0.1) is 0 Å². The molecule has 5 nitrogen and oxygen atoms in total. The largest absolute Gasteiger partial charge is 0.351 e. The topological polar surface area (TPSA) is 66.9 Å². The van der Waals surface area contributed by atoms with E-state index in [9.17, 15) is 4.79 Å². The van der Waals surface area contributed by atoms with Gasteiger partial charge in [0.05, 0.1) is 0 Å². The number of aromatic nitrogens is 2. The summed E-state index contributed by atoms with van der Waals surface area (Å²) in [4.78, 5) is 21.4. The lowest BCUT2D eigenvalue weighted by atomic mass is 9.96. The molecule has 0 atom stereocenters. The van der Waals surface area contributed by atoms with Crippen LogP contribution in [-0.4, -0.2) is 21.9 Å². The zero-order valence-electron chi connectivity index (χ0n) is 17.4. The summed E-state index contributed by atoms with van der Waals surface area (Å²) in [5.74, 6) is 0.617. The lowest BCUT2D eigenvalue weighted by Crippen LogP contribution is -2.23. The van der Waals surface area contributed by atoms with Crippen molar-refractivity contribution in [1.29, 1.82) is 0 Å². The van der Waals surface area contributed by atoms with Crippen LogP contribution in [0.3, 0.4) is 0 Å². The summed E-state index contributed by atoms with van der Waals surface area (Å²) in [5, 5.41) is 6.43. The number of hydrogen-bond donors (Lipinski definition) is 2. The van der Waals surface area contributed by atoms with Crippen molar-refractivity contribution in [3.05, 3.63) is 77.6 Å². The van der Waals surface area contributed by atoms with Crippen molar-refractivity contribution in [2.75, 3.05) is 5.32 Å². The van der Waals surface area contributed by atoms with Crippen molar-refractivity contribution < 1.29 is 4.79 Å². The Morgan fingerprint density at radius 3 is 2.33 bits per heavy atom. The Hall–Kier alpha value is -3.21. The Balaban J connectivity index is 1.35. The third kappa shape index (κ3) is 5.03. The van der Waals surface area contributed by atoms with Gasteiger partial charge < -0.3 is 10.6 Å². The number of rotatable bonds is 6. The highest BCUT2D eigenvalue weighted by Gasteiger charge is 2.14. The molecule has 1 saturated carbocycles. The Morgan fingerprint density at radius 1 is 0.933 bits per heavy atom. The first-order valence-corrected chi connectivity index (χ1v) is 10.7. The third-order valence-electron chi connectivity index (χ3n) is 5.77. The van der Waals surface area contributed by atoms with Gasteiger partial charge in [0.1, 0.15) is 0 Å². The summed E-state index contributed by atoms with van der Waals surface area (Å²) >= 11 is 0. The van der Waals surface area contributed by atoms with Crippen LogP contribution in [0.5, 0.6) is 0 Å². The molecule has 0 aliphatic heterocycles. The maximum Gasteiger partial charge on any atom is 0.251 e. The Labute approximate surface area is 178 Å². The summed E-state index contributed by atoms with van der Waals surface area (Å²) in [6.07, 6.45) is 9.95. The summed E-state index contributed by atoms with van der Waals surface area (Å²) in [5.41, 5.74) is 4.88.